The number of hydrogen-bond donors (Lipinski definition) is 1. The SMILES string of the molecule is COc1cccc([C@@H](CNC(=O)C2CCN(S(=O)(=O)c3ccc(C#N)cc3)CC2)N2CCCC2)c1. The van der Waals surface area contributed by atoms with E-state index in [1.807, 2.05) is 24.3 Å². The first-order valence-electron chi connectivity index (χ1n) is 12.1. The van der Waals surface area contributed by atoms with Crippen molar-refractivity contribution in [2.24, 2.45) is 5.92 Å². The zero-order valence-corrected chi connectivity index (χ0v) is 20.8. The molecule has 0 unspecified atom stereocenters. The summed E-state index contributed by atoms with van der Waals surface area (Å²) in [5.41, 5.74) is 1.54. The van der Waals surface area contributed by atoms with Crippen molar-refractivity contribution in [3.8, 4) is 11.8 Å². The number of carbonyl (C=O) groups is 1. The first kappa shape index (κ1) is 25.2. The lowest BCUT2D eigenvalue weighted by atomic mass is 9.97. The van der Waals surface area contributed by atoms with Gasteiger partial charge in [0.2, 0.25) is 15.9 Å². The first-order chi connectivity index (χ1) is 16.9. The van der Waals surface area contributed by atoms with Crippen LogP contribution in [0.15, 0.2) is 53.4 Å². The highest BCUT2D eigenvalue weighted by molar-refractivity contribution is 7.89. The lowest BCUT2D eigenvalue weighted by Gasteiger charge is -2.32. The minimum atomic E-state index is -3.64. The molecular weight excluding hydrogens is 464 g/mol. The number of nitrogens with one attached hydrogen (secondary N) is 1. The number of nitrogens with zero attached hydrogens (tertiary/aromatic N) is 3. The van der Waals surface area contributed by atoms with Gasteiger partial charge in [0.15, 0.2) is 0 Å². The fourth-order valence-corrected chi connectivity index (χ4v) is 6.38. The van der Waals surface area contributed by atoms with E-state index in [0.29, 0.717) is 38.0 Å². The molecule has 2 fully saturated rings. The summed E-state index contributed by atoms with van der Waals surface area (Å²) in [6.45, 7) is 3.11. The van der Waals surface area contributed by atoms with Crippen molar-refractivity contribution in [1.82, 2.24) is 14.5 Å². The van der Waals surface area contributed by atoms with E-state index in [9.17, 15) is 13.2 Å². The quantitative estimate of drug-likeness (QED) is 0.603. The molecule has 1 amide bonds. The molecular formula is C26H32N4O4S. The van der Waals surface area contributed by atoms with Crippen LogP contribution in [-0.2, 0) is 14.8 Å². The summed E-state index contributed by atoms with van der Waals surface area (Å²) in [6.07, 6.45) is 3.27. The maximum absolute atomic E-state index is 13.0. The summed E-state index contributed by atoms with van der Waals surface area (Å²) in [4.78, 5) is 15.6. The van der Waals surface area contributed by atoms with E-state index in [0.717, 1.165) is 37.2 Å². The van der Waals surface area contributed by atoms with Crippen LogP contribution < -0.4 is 10.1 Å². The van der Waals surface area contributed by atoms with E-state index >= 15 is 0 Å². The topological polar surface area (TPSA) is 103 Å². The molecule has 2 aliphatic rings. The third kappa shape index (κ3) is 5.84. The molecule has 0 bridgehead atoms. The highest BCUT2D eigenvalue weighted by Crippen LogP contribution is 2.28. The number of nitriles is 1. The summed E-state index contributed by atoms with van der Waals surface area (Å²) in [6, 6.07) is 16.0. The largest absolute Gasteiger partial charge is 0.497 e. The van der Waals surface area contributed by atoms with E-state index in [4.69, 9.17) is 10.00 Å². The van der Waals surface area contributed by atoms with Gasteiger partial charge in [0.05, 0.1) is 29.7 Å². The van der Waals surface area contributed by atoms with Gasteiger partial charge in [0.25, 0.3) is 0 Å². The van der Waals surface area contributed by atoms with Crippen LogP contribution in [0.4, 0.5) is 0 Å². The van der Waals surface area contributed by atoms with Gasteiger partial charge < -0.3 is 10.1 Å². The molecule has 0 radical (unpaired) electrons. The molecule has 35 heavy (non-hydrogen) atoms. The van der Waals surface area contributed by atoms with E-state index in [1.165, 1.54) is 28.6 Å². The zero-order valence-electron chi connectivity index (χ0n) is 20.0. The summed E-state index contributed by atoms with van der Waals surface area (Å²) >= 11 is 0. The molecule has 0 spiro atoms. The molecule has 2 aromatic carbocycles. The molecule has 0 saturated carbocycles. The second-order valence-corrected chi connectivity index (χ2v) is 11.0. The van der Waals surface area contributed by atoms with Crippen LogP contribution in [0.5, 0.6) is 5.75 Å². The Labute approximate surface area is 207 Å². The smallest absolute Gasteiger partial charge is 0.243 e. The zero-order chi connectivity index (χ0) is 24.8. The molecule has 2 aliphatic heterocycles. The van der Waals surface area contributed by atoms with Crippen molar-refractivity contribution in [1.29, 1.82) is 5.26 Å². The van der Waals surface area contributed by atoms with Crippen LogP contribution in [0.25, 0.3) is 0 Å². The number of piperidine rings is 1. The molecule has 1 atom stereocenters. The molecule has 2 heterocycles. The Morgan fingerprint density at radius 2 is 1.80 bits per heavy atom. The van der Waals surface area contributed by atoms with Gasteiger partial charge in [0.1, 0.15) is 5.75 Å². The number of ether oxygens (including phenoxy) is 1. The molecule has 0 aliphatic carbocycles. The molecule has 4 rings (SSSR count). The van der Waals surface area contributed by atoms with Gasteiger partial charge in [-0.2, -0.15) is 9.57 Å². The third-order valence-electron chi connectivity index (χ3n) is 6.98. The molecule has 2 saturated heterocycles. The average molecular weight is 497 g/mol. The van der Waals surface area contributed by atoms with Crippen LogP contribution in [-0.4, -0.2) is 63.4 Å². The number of hydrogen-bond acceptors (Lipinski definition) is 6. The Morgan fingerprint density at radius 1 is 1.11 bits per heavy atom. The van der Waals surface area contributed by atoms with Crippen LogP contribution in [0.2, 0.25) is 0 Å². The fraction of sp³-hybridized carbons (Fsp3) is 0.462. The minimum Gasteiger partial charge on any atom is -0.497 e. The van der Waals surface area contributed by atoms with Gasteiger partial charge in [-0.3, -0.25) is 9.69 Å². The minimum absolute atomic E-state index is 0.0208. The molecule has 9 heteroatoms. The lowest BCUT2D eigenvalue weighted by molar-refractivity contribution is -0.126. The summed E-state index contributed by atoms with van der Waals surface area (Å²) in [5, 5.41) is 12.1. The number of benzene rings is 2. The van der Waals surface area contributed by atoms with Crippen LogP contribution in [0.3, 0.4) is 0 Å². The van der Waals surface area contributed by atoms with Gasteiger partial charge in [0, 0.05) is 25.6 Å². The maximum atomic E-state index is 13.0. The number of methoxy groups -OCH3 is 1. The van der Waals surface area contributed by atoms with E-state index in [-0.39, 0.29) is 22.8 Å². The Balaban J connectivity index is 1.35. The summed E-state index contributed by atoms with van der Waals surface area (Å²) in [7, 11) is -1.99. The Kier molecular flexibility index (Phi) is 8.06. The highest BCUT2D eigenvalue weighted by atomic mass is 32.2. The van der Waals surface area contributed by atoms with Gasteiger partial charge in [-0.05, 0) is 80.7 Å². The predicted octanol–water partition coefficient (Wildman–Crippen LogP) is 2.92. The van der Waals surface area contributed by atoms with Gasteiger partial charge in [-0.1, -0.05) is 12.1 Å². The Hall–Kier alpha value is -2.93. The van der Waals surface area contributed by atoms with E-state index in [1.54, 1.807) is 7.11 Å². The number of amides is 1. The van der Waals surface area contributed by atoms with Crippen molar-refractivity contribution in [3.63, 3.8) is 0 Å². The van der Waals surface area contributed by atoms with Crippen LogP contribution in [0, 0.1) is 17.2 Å². The molecule has 186 valence electrons. The first-order valence-corrected chi connectivity index (χ1v) is 13.5. The fourth-order valence-electron chi connectivity index (χ4n) is 4.91. The van der Waals surface area contributed by atoms with Crippen molar-refractivity contribution in [2.75, 3.05) is 39.8 Å². The number of rotatable bonds is 8. The summed E-state index contributed by atoms with van der Waals surface area (Å²) in [5.74, 6) is 0.563. The number of likely N-dealkylation sites (tertiary alicyclic amines) is 1. The van der Waals surface area contributed by atoms with E-state index in [2.05, 4.69) is 16.3 Å². The maximum Gasteiger partial charge on any atom is 0.243 e. The van der Waals surface area contributed by atoms with Crippen molar-refractivity contribution in [3.05, 3.63) is 59.7 Å². The standard InChI is InChI=1S/C26H32N4O4S/c1-34-23-6-4-5-22(17-23)25(29-13-2-3-14-29)19-28-26(31)21-11-15-30(16-12-21)35(32,33)24-9-7-20(18-27)8-10-24/h4-10,17,21,25H,2-3,11-16,19H2,1H3,(H,28,31)/t25-/m1/s1. The van der Waals surface area contributed by atoms with Gasteiger partial charge in [-0.25, -0.2) is 8.42 Å². The number of carbonyl (C=O) groups excluding carboxylic acids is 1. The van der Waals surface area contributed by atoms with Crippen molar-refractivity contribution >= 4 is 15.9 Å². The highest BCUT2D eigenvalue weighted by Gasteiger charge is 2.33. The Morgan fingerprint density at radius 3 is 2.43 bits per heavy atom. The predicted molar refractivity (Wildman–Crippen MR) is 132 cm³/mol. The Bertz CT molecular complexity index is 1160. The van der Waals surface area contributed by atoms with Crippen LogP contribution in [0.1, 0.15) is 42.9 Å². The lowest BCUT2D eigenvalue weighted by Crippen LogP contribution is -2.44. The summed E-state index contributed by atoms with van der Waals surface area (Å²) < 4.78 is 32.8. The molecule has 2 aromatic rings. The van der Waals surface area contributed by atoms with Crippen LogP contribution >= 0.6 is 0 Å². The second kappa shape index (κ2) is 11.2. The number of sulfonamides is 1. The van der Waals surface area contributed by atoms with Crippen molar-refractivity contribution in [2.45, 2.75) is 36.6 Å². The van der Waals surface area contributed by atoms with Gasteiger partial charge in [-0.15, -0.1) is 0 Å². The normalized spacial score (nSPS) is 18.6. The molecule has 8 nitrogen and oxygen atoms in total. The molecule has 1 N–H and O–H groups in total. The third-order valence-corrected chi connectivity index (χ3v) is 8.89. The second-order valence-electron chi connectivity index (χ2n) is 9.10. The average Bonchev–Trinajstić information content (AvgIpc) is 3.43. The van der Waals surface area contributed by atoms with E-state index < -0.39 is 10.0 Å². The molecule has 0 aromatic heterocycles. The van der Waals surface area contributed by atoms with Gasteiger partial charge >= 0.3 is 0 Å². The van der Waals surface area contributed by atoms with Crippen molar-refractivity contribution < 1.29 is 17.9 Å². The monoisotopic (exact) mass is 496 g/mol.